The number of para-hydroxylation sites is 1. The molecule has 0 fully saturated rings. The molecule has 0 unspecified atom stereocenters. The van der Waals surface area contributed by atoms with Gasteiger partial charge in [-0.05, 0) is 53.6 Å². The molecule has 0 aliphatic heterocycles. The lowest BCUT2D eigenvalue weighted by atomic mass is 9.94. The molecule has 0 bridgehead atoms. The smallest absolute Gasteiger partial charge is 0.160 e. The molecule has 0 saturated carbocycles. The van der Waals surface area contributed by atoms with Crippen LogP contribution in [0.25, 0.3) is 109 Å². The van der Waals surface area contributed by atoms with Gasteiger partial charge in [-0.1, -0.05) is 133 Å². The van der Waals surface area contributed by atoms with E-state index in [-0.39, 0.29) is 0 Å². The SMILES string of the molecule is c1ccc(-c2cc(-c3ccc(-c4ccc5nc(-c6cnc7ccccc7c6)c6ccc7sc8ccccc8c7c6c5c4)cc3)nc(-c3ccccc3)n2)cc1. The van der Waals surface area contributed by atoms with Crippen LogP contribution in [0.3, 0.4) is 0 Å². The number of benzene rings is 7. The molecule has 0 amide bonds. The van der Waals surface area contributed by atoms with Crippen LogP contribution in [0.5, 0.6) is 0 Å². The maximum Gasteiger partial charge on any atom is 0.160 e. The van der Waals surface area contributed by atoms with Crippen LogP contribution < -0.4 is 0 Å². The molecule has 0 aliphatic rings. The molecule has 4 aromatic heterocycles. The summed E-state index contributed by atoms with van der Waals surface area (Å²) < 4.78 is 2.55. The van der Waals surface area contributed by atoms with Gasteiger partial charge in [0, 0.05) is 70.2 Å². The van der Waals surface area contributed by atoms with E-state index < -0.39 is 0 Å². The van der Waals surface area contributed by atoms with Gasteiger partial charge in [0.1, 0.15) is 0 Å². The first-order chi connectivity index (χ1) is 27.2. The summed E-state index contributed by atoms with van der Waals surface area (Å²) in [5.41, 5.74) is 11.0. The van der Waals surface area contributed by atoms with Crippen LogP contribution in [0, 0.1) is 0 Å². The first-order valence-electron chi connectivity index (χ1n) is 18.4. The maximum atomic E-state index is 5.36. The lowest BCUT2D eigenvalue weighted by Gasteiger charge is -2.14. The molecule has 5 heteroatoms. The highest BCUT2D eigenvalue weighted by molar-refractivity contribution is 7.26. The monoisotopic (exact) mass is 718 g/mol. The first-order valence-corrected chi connectivity index (χ1v) is 19.2. The molecule has 0 radical (unpaired) electrons. The van der Waals surface area contributed by atoms with Gasteiger partial charge in [-0.3, -0.25) is 4.98 Å². The van der Waals surface area contributed by atoms with Gasteiger partial charge in [0.05, 0.1) is 28.1 Å². The first kappa shape index (κ1) is 31.4. The van der Waals surface area contributed by atoms with E-state index in [0.717, 1.165) is 77.7 Å². The molecule has 4 nitrogen and oxygen atoms in total. The van der Waals surface area contributed by atoms with Crippen LogP contribution in [0.2, 0.25) is 0 Å². The number of rotatable bonds is 5. The highest BCUT2D eigenvalue weighted by atomic mass is 32.1. The van der Waals surface area contributed by atoms with Crippen molar-refractivity contribution < 1.29 is 0 Å². The number of hydrogen-bond donors (Lipinski definition) is 0. The fourth-order valence-corrected chi connectivity index (χ4v) is 8.92. The second-order valence-corrected chi connectivity index (χ2v) is 14.9. The van der Waals surface area contributed by atoms with Gasteiger partial charge in [0.15, 0.2) is 5.82 Å². The Hall–Kier alpha value is -7.08. The molecule has 256 valence electrons. The number of aromatic nitrogens is 4. The molecule has 7 aromatic carbocycles. The van der Waals surface area contributed by atoms with Gasteiger partial charge in [0.25, 0.3) is 0 Å². The van der Waals surface area contributed by atoms with Gasteiger partial charge in [-0.15, -0.1) is 11.3 Å². The summed E-state index contributed by atoms with van der Waals surface area (Å²) in [5, 5.41) is 7.14. The van der Waals surface area contributed by atoms with Crippen molar-refractivity contribution >= 4 is 64.1 Å². The van der Waals surface area contributed by atoms with Crippen LogP contribution in [0.15, 0.2) is 182 Å². The zero-order valence-corrected chi connectivity index (χ0v) is 30.3. The van der Waals surface area contributed by atoms with Crippen molar-refractivity contribution in [3.63, 3.8) is 0 Å². The predicted molar refractivity (Wildman–Crippen MR) is 230 cm³/mol. The van der Waals surface area contributed by atoms with Gasteiger partial charge in [0.2, 0.25) is 0 Å². The van der Waals surface area contributed by atoms with Crippen molar-refractivity contribution in [2.24, 2.45) is 0 Å². The number of hydrogen-bond acceptors (Lipinski definition) is 5. The molecular weight excluding hydrogens is 689 g/mol. The summed E-state index contributed by atoms with van der Waals surface area (Å²) in [6.45, 7) is 0. The van der Waals surface area contributed by atoms with Crippen molar-refractivity contribution in [1.29, 1.82) is 0 Å². The molecule has 0 spiro atoms. The summed E-state index contributed by atoms with van der Waals surface area (Å²) in [6.07, 6.45) is 1.96. The molecule has 0 atom stereocenters. The van der Waals surface area contributed by atoms with Gasteiger partial charge in [-0.25, -0.2) is 15.0 Å². The third kappa shape index (κ3) is 5.44. The van der Waals surface area contributed by atoms with E-state index in [1.807, 2.05) is 60.0 Å². The fraction of sp³-hybridized carbons (Fsp3) is 0. The molecule has 11 aromatic rings. The Bertz CT molecular complexity index is 3190. The normalized spacial score (nSPS) is 11.6. The lowest BCUT2D eigenvalue weighted by Crippen LogP contribution is -1.95. The van der Waals surface area contributed by atoms with Crippen molar-refractivity contribution in [3.8, 4) is 56.3 Å². The number of fused-ring (bicyclic) bond motifs is 8. The average molecular weight is 719 g/mol. The van der Waals surface area contributed by atoms with Crippen molar-refractivity contribution in [2.75, 3.05) is 0 Å². The second kappa shape index (κ2) is 12.8. The minimum absolute atomic E-state index is 0.709. The van der Waals surface area contributed by atoms with Crippen molar-refractivity contribution in [2.45, 2.75) is 0 Å². The number of pyridine rings is 2. The van der Waals surface area contributed by atoms with E-state index in [9.17, 15) is 0 Å². The number of thiophene rings is 1. The summed E-state index contributed by atoms with van der Waals surface area (Å²) in [5.74, 6) is 0.709. The maximum absolute atomic E-state index is 5.36. The highest BCUT2D eigenvalue weighted by Gasteiger charge is 2.18. The van der Waals surface area contributed by atoms with Gasteiger partial charge >= 0.3 is 0 Å². The third-order valence-electron chi connectivity index (χ3n) is 10.5. The standard InChI is InChI=1S/C50H30N4S/c1-3-11-32(12-4-1)43-29-44(54-50(53-43)34-13-5-2-6-14-34)33-21-19-31(20-22-33)35-23-25-42-40(28-35)47-39(24-26-46-48(47)38-16-8-10-18-45(38)55-46)49(52-42)37-27-36-15-7-9-17-41(36)51-30-37/h1-30H. The molecule has 55 heavy (non-hydrogen) atoms. The zero-order valence-electron chi connectivity index (χ0n) is 29.5. The average Bonchev–Trinajstić information content (AvgIpc) is 3.65. The van der Waals surface area contributed by atoms with E-state index in [1.54, 1.807) is 0 Å². The van der Waals surface area contributed by atoms with Crippen LogP contribution in [-0.2, 0) is 0 Å². The fourth-order valence-electron chi connectivity index (χ4n) is 7.81. The summed E-state index contributed by atoms with van der Waals surface area (Å²) in [6, 6.07) is 61.7. The Labute approximate surface area is 321 Å². The molecule has 4 heterocycles. The zero-order chi connectivity index (χ0) is 36.3. The quantitative estimate of drug-likeness (QED) is 0.166. The third-order valence-corrected chi connectivity index (χ3v) is 11.6. The van der Waals surface area contributed by atoms with Gasteiger partial charge in [-0.2, -0.15) is 0 Å². The van der Waals surface area contributed by atoms with E-state index in [1.165, 1.54) is 25.6 Å². The van der Waals surface area contributed by atoms with Gasteiger partial charge < -0.3 is 0 Å². The Morgan fingerprint density at radius 2 is 1.04 bits per heavy atom. The summed E-state index contributed by atoms with van der Waals surface area (Å²) >= 11 is 1.84. The topological polar surface area (TPSA) is 51.6 Å². The highest BCUT2D eigenvalue weighted by Crippen LogP contribution is 2.44. The largest absolute Gasteiger partial charge is 0.256 e. The van der Waals surface area contributed by atoms with Crippen LogP contribution in [0.1, 0.15) is 0 Å². The Morgan fingerprint density at radius 1 is 0.364 bits per heavy atom. The minimum Gasteiger partial charge on any atom is -0.256 e. The van der Waals surface area contributed by atoms with E-state index in [0.29, 0.717) is 5.82 Å². The van der Waals surface area contributed by atoms with Crippen molar-refractivity contribution in [3.05, 3.63) is 182 Å². The summed E-state index contributed by atoms with van der Waals surface area (Å²) in [4.78, 5) is 20.2. The minimum atomic E-state index is 0.709. The Kier molecular flexibility index (Phi) is 7.32. The number of nitrogens with zero attached hydrogens (tertiary/aromatic N) is 4. The Balaban J connectivity index is 1.07. The van der Waals surface area contributed by atoms with E-state index in [4.69, 9.17) is 19.9 Å². The van der Waals surface area contributed by atoms with Crippen molar-refractivity contribution in [1.82, 2.24) is 19.9 Å². The summed E-state index contributed by atoms with van der Waals surface area (Å²) in [7, 11) is 0. The molecular formula is C50H30N4S. The van der Waals surface area contributed by atoms with E-state index in [2.05, 4.69) is 133 Å². The molecule has 0 N–H and O–H groups in total. The Morgan fingerprint density at radius 3 is 1.85 bits per heavy atom. The van der Waals surface area contributed by atoms with E-state index >= 15 is 0 Å². The molecule has 0 aliphatic carbocycles. The lowest BCUT2D eigenvalue weighted by molar-refractivity contribution is 1.18. The molecule has 0 saturated heterocycles. The predicted octanol–water partition coefficient (Wildman–Crippen LogP) is 13.4. The second-order valence-electron chi connectivity index (χ2n) is 13.8. The molecule has 11 rings (SSSR count). The van der Waals surface area contributed by atoms with Crippen LogP contribution in [0.4, 0.5) is 0 Å². The van der Waals surface area contributed by atoms with Crippen LogP contribution >= 0.6 is 11.3 Å². The van der Waals surface area contributed by atoms with Crippen LogP contribution in [-0.4, -0.2) is 19.9 Å².